The molecule has 39 heavy (non-hydrogen) atoms. The zero-order chi connectivity index (χ0) is 28.8. The van der Waals surface area contributed by atoms with Crippen LogP contribution in [0.25, 0.3) is 0 Å². The highest BCUT2D eigenvalue weighted by atomic mass is 19.4. The van der Waals surface area contributed by atoms with Gasteiger partial charge in [0.05, 0.1) is 30.2 Å². The van der Waals surface area contributed by atoms with Crippen LogP contribution in [0.4, 0.5) is 29.3 Å². The maximum Gasteiger partial charge on any atom is 0.416 e. The number of benzene rings is 1. The molecule has 2 aliphatic rings. The van der Waals surface area contributed by atoms with Crippen molar-refractivity contribution in [2.45, 2.75) is 58.7 Å². The van der Waals surface area contributed by atoms with Gasteiger partial charge in [-0.05, 0) is 42.4 Å². The Hall–Kier alpha value is -3.06. The highest BCUT2D eigenvalue weighted by molar-refractivity contribution is 5.97. The minimum absolute atomic E-state index is 0.0493. The molecular formula is C26H38F3N5O5. The van der Waals surface area contributed by atoms with E-state index < -0.39 is 47.6 Å². The molecule has 10 nitrogen and oxygen atoms in total. The Bertz CT molecular complexity index is 1020. The molecule has 13 heteroatoms. The number of carbonyl (C=O) groups is 3. The first-order chi connectivity index (χ1) is 18.3. The van der Waals surface area contributed by atoms with Gasteiger partial charge in [-0.25, -0.2) is 10.3 Å². The average molecular weight is 558 g/mol. The van der Waals surface area contributed by atoms with Crippen LogP contribution in [-0.4, -0.2) is 73.4 Å². The minimum Gasteiger partial charge on any atom is -0.378 e. The number of nitrogens with one attached hydrogen (secondary N) is 3. The summed E-state index contributed by atoms with van der Waals surface area (Å²) in [6, 6.07) is 1.18. The molecule has 3 rings (SSSR count). The van der Waals surface area contributed by atoms with Crippen LogP contribution in [0, 0.1) is 11.3 Å². The summed E-state index contributed by atoms with van der Waals surface area (Å²) in [5.41, 5.74) is 0.172. The van der Waals surface area contributed by atoms with E-state index in [0.717, 1.165) is 37.8 Å². The first kappa shape index (κ1) is 30.5. The monoisotopic (exact) mass is 557 g/mol. The van der Waals surface area contributed by atoms with E-state index in [4.69, 9.17) is 9.94 Å². The molecule has 2 fully saturated rings. The maximum atomic E-state index is 13.7. The molecule has 0 unspecified atom stereocenters. The predicted octanol–water partition coefficient (Wildman–Crippen LogP) is 3.60. The van der Waals surface area contributed by atoms with Crippen LogP contribution in [0.2, 0.25) is 0 Å². The van der Waals surface area contributed by atoms with Crippen LogP contribution in [0.15, 0.2) is 18.2 Å². The Morgan fingerprint density at radius 2 is 1.77 bits per heavy atom. The normalized spacial score (nSPS) is 17.5. The lowest BCUT2D eigenvalue weighted by molar-refractivity contribution is -0.142. The van der Waals surface area contributed by atoms with Crippen molar-refractivity contribution in [3.05, 3.63) is 23.8 Å². The van der Waals surface area contributed by atoms with Gasteiger partial charge in [-0.1, -0.05) is 33.6 Å². The lowest BCUT2D eigenvalue weighted by Crippen LogP contribution is -2.57. The van der Waals surface area contributed by atoms with Gasteiger partial charge in [0, 0.05) is 19.6 Å². The number of rotatable bonds is 8. The van der Waals surface area contributed by atoms with Crippen LogP contribution >= 0.6 is 0 Å². The molecule has 0 aromatic heterocycles. The van der Waals surface area contributed by atoms with E-state index >= 15 is 0 Å². The number of hydrogen-bond donors (Lipinski definition) is 4. The van der Waals surface area contributed by atoms with E-state index in [1.807, 2.05) is 4.90 Å². The second-order valence-electron chi connectivity index (χ2n) is 11.1. The first-order valence-corrected chi connectivity index (χ1v) is 13.1. The summed E-state index contributed by atoms with van der Waals surface area (Å²) < 4.78 is 45.8. The van der Waals surface area contributed by atoms with Crippen molar-refractivity contribution in [3.8, 4) is 0 Å². The van der Waals surface area contributed by atoms with Gasteiger partial charge in [-0.15, -0.1) is 0 Å². The number of alkyl halides is 3. The second kappa shape index (κ2) is 12.9. The van der Waals surface area contributed by atoms with E-state index in [2.05, 4.69) is 10.6 Å². The summed E-state index contributed by atoms with van der Waals surface area (Å²) in [4.78, 5) is 42.0. The molecule has 0 bridgehead atoms. The molecule has 1 aromatic carbocycles. The van der Waals surface area contributed by atoms with E-state index in [0.29, 0.717) is 32.0 Å². The number of halogens is 3. The minimum atomic E-state index is -4.62. The molecule has 4 N–H and O–H groups in total. The third-order valence-electron chi connectivity index (χ3n) is 7.04. The third-order valence-corrected chi connectivity index (χ3v) is 7.04. The quantitative estimate of drug-likeness (QED) is 0.286. The fourth-order valence-corrected chi connectivity index (χ4v) is 4.96. The number of amides is 4. The summed E-state index contributed by atoms with van der Waals surface area (Å²) in [7, 11) is 0. The van der Waals surface area contributed by atoms with Gasteiger partial charge >= 0.3 is 12.2 Å². The van der Waals surface area contributed by atoms with Gasteiger partial charge in [0.25, 0.3) is 5.91 Å². The topological polar surface area (TPSA) is 123 Å². The van der Waals surface area contributed by atoms with Crippen molar-refractivity contribution in [2.24, 2.45) is 11.3 Å². The fourth-order valence-electron chi connectivity index (χ4n) is 4.96. The Balaban J connectivity index is 1.84. The lowest BCUT2D eigenvalue weighted by Gasteiger charge is -2.36. The van der Waals surface area contributed by atoms with Gasteiger partial charge in [0.15, 0.2) is 0 Å². The molecule has 1 saturated carbocycles. The maximum absolute atomic E-state index is 13.7. The van der Waals surface area contributed by atoms with E-state index in [1.165, 1.54) is 11.0 Å². The summed E-state index contributed by atoms with van der Waals surface area (Å²) in [5.74, 6) is -1.10. The fraction of sp³-hybridized carbons (Fsp3) is 0.654. The van der Waals surface area contributed by atoms with Crippen molar-refractivity contribution in [1.82, 2.24) is 15.7 Å². The number of urea groups is 1. The summed E-state index contributed by atoms with van der Waals surface area (Å²) in [5, 5.41) is 14.2. The average Bonchev–Trinajstić information content (AvgIpc) is 3.39. The van der Waals surface area contributed by atoms with E-state index in [9.17, 15) is 27.6 Å². The summed E-state index contributed by atoms with van der Waals surface area (Å²) in [6.45, 7) is 6.77. The standard InChI is InChI=1S/C26H38F3N5O5/c1-25(2,3)22(23(36)34(16-21(35)32-38)15-17-6-4-5-7-17)31-24(37)30-19-14-18(26(27,28)29)8-9-20(19)33-10-12-39-13-11-33/h8-9,14,17,22,38H,4-7,10-13,15-16H2,1-3H3,(H,32,35)(H2,30,31,37)/t22-/m1/s1. The SMILES string of the molecule is CC(C)(C)[C@H](NC(=O)Nc1cc(C(F)(F)F)ccc1N1CCOCC1)C(=O)N(CC(=O)NO)CC1CCCC1. The molecule has 218 valence electrons. The van der Waals surface area contributed by atoms with Gasteiger partial charge in [-0.3, -0.25) is 14.8 Å². The largest absolute Gasteiger partial charge is 0.416 e. The molecule has 4 amide bonds. The van der Waals surface area contributed by atoms with Crippen molar-refractivity contribution < 1.29 is 37.5 Å². The number of morpholine rings is 1. The molecular weight excluding hydrogens is 519 g/mol. The van der Waals surface area contributed by atoms with E-state index in [-0.39, 0.29) is 18.2 Å². The molecule has 1 atom stereocenters. The molecule has 0 radical (unpaired) electrons. The number of carbonyl (C=O) groups excluding carboxylic acids is 3. The Morgan fingerprint density at radius 1 is 1.13 bits per heavy atom. The molecule has 1 aliphatic carbocycles. The Morgan fingerprint density at radius 3 is 2.33 bits per heavy atom. The van der Waals surface area contributed by atoms with Crippen LogP contribution in [-0.2, 0) is 20.5 Å². The van der Waals surface area contributed by atoms with Crippen molar-refractivity contribution in [1.29, 1.82) is 0 Å². The number of hydroxylamine groups is 1. The van der Waals surface area contributed by atoms with Gasteiger partial charge in [0.2, 0.25) is 5.91 Å². The second-order valence-corrected chi connectivity index (χ2v) is 11.1. The zero-order valence-corrected chi connectivity index (χ0v) is 22.6. The molecule has 1 saturated heterocycles. The van der Waals surface area contributed by atoms with Crippen molar-refractivity contribution in [2.75, 3.05) is 49.6 Å². The molecule has 0 spiro atoms. The molecule has 1 aromatic rings. The van der Waals surface area contributed by atoms with Crippen LogP contribution in [0.5, 0.6) is 0 Å². The van der Waals surface area contributed by atoms with Gasteiger partial charge in [-0.2, -0.15) is 13.2 Å². The summed E-state index contributed by atoms with van der Waals surface area (Å²) in [6.07, 6.45) is -0.777. The smallest absolute Gasteiger partial charge is 0.378 e. The highest BCUT2D eigenvalue weighted by Crippen LogP contribution is 2.36. The number of ether oxygens (including phenoxy) is 1. The molecule has 1 heterocycles. The first-order valence-electron chi connectivity index (χ1n) is 13.1. The van der Waals surface area contributed by atoms with E-state index in [1.54, 1.807) is 26.3 Å². The van der Waals surface area contributed by atoms with Crippen molar-refractivity contribution in [3.63, 3.8) is 0 Å². The number of anilines is 2. The lowest BCUT2D eigenvalue weighted by atomic mass is 9.85. The van der Waals surface area contributed by atoms with Crippen LogP contribution in [0.1, 0.15) is 52.0 Å². The third kappa shape index (κ3) is 8.46. The predicted molar refractivity (Wildman–Crippen MR) is 138 cm³/mol. The van der Waals surface area contributed by atoms with Crippen LogP contribution in [0.3, 0.4) is 0 Å². The van der Waals surface area contributed by atoms with Gasteiger partial charge in [0.1, 0.15) is 12.6 Å². The Labute approximate surface area is 226 Å². The number of nitrogens with zero attached hydrogens (tertiary/aromatic N) is 2. The van der Waals surface area contributed by atoms with Crippen LogP contribution < -0.4 is 21.0 Å². The summed E-state index contributed by atoms with van der Waals surface area (Å²) >= 11 is 0. The Kier molecular flexibility index (Phi) is 10.1. The van der Waals surface area contributed by atoms with Gasteiger partial charge < -0.3 is 25.2 Å². The van der Waals surface area contributed by atoms with Crippen molar-refractivity contribution >= 4 is 29.2 Å². The number of hydrogen-bond acceptors (Lipinski definition) is 6. The zero-order valence-electron chi connectivity index (χ0n) is 22.6. The molecule has 1 aliphatic heterocycles. The highest BCUT2D eigenvalue weighted by Gasteiger charge is 2.38.